The van der Waals surface area contributed by atoms with Crippen LogP contribution in [0.3, 0.4) is 0 Å². The minimum atomic E-state index is -0.358. The van der Waals surface area contributed by atoms with Crippen LogP contribution in [0.2, 0.25) is 5.02 Å². The van der Waals surface area contributed by atoms with Crippen LogP contribution >= 0.6 is 23.2 Å². The van der Waals surface area contributed by atoms with E-state index in [9.17, 15) is 4.79 Å². The van der Waals surface area contributed by atoms with Gasteiger partial charge in [-0.2, -0.15) is 4.68 Å². The molecule has 0 radical (unpaired) electrons. The van der Waals surface area contributed by atoms with Crippen LogP contribution in [0.1, 0.15) is 11.1 Å². The van der Waals surface area contributed by atoms with Gasteiger partial charge in [-0.25, -0.2) is 4.79 Å². The maximum absolute atomic E-state index is 12.3. The van der Waals surface area contributed by atoms with Crippen molar-refractivity contribution in [2.45, 2.75) is 12.8 Å². The number of nitrogens with one attached hydrogen (secondary N) is 1. The maximum Gasteiger partial charge on any atom is 0.348 e. The molecule has 7 heteroatoms. The Kier molecular flexibility index (Phi) is 4.64. The van der Waals surface area contributed by atoms with E-state index >= 15 is 0 Å². The number of hydrogen-bond acceptors (Lipinski definition) is 3. The lowest BCUT2D eigenvalue weighted by Crippen LogP contribution is -2.16. The molecule has 0 aliphatic carbocycles. The molecule has 24 heavy (non-hydrogen) atoms. The van der Waals surface area contributed by atoms with Crippen LogP contribution in [0.15, 0.2) is 41.2 Å². The van der Waals surface area contributed by atoms with Gasteiger partial charge in [0.1, 0.15) is 5.75 Å². The van der Waals surface area contributed by atoms with Crippen molar-refractivity contribution in [3.63, 3.8) is 0 Å². The number of H-pyrrole nitrogens is 1. The number of alkyl halides is 1. The highest BCUT2D eigenvalue weighted by Gasteiger charge is 2.13. The molecule has 0 amide bonds. The van der Waals surface area contributed by atoms with Crippen molar-refractivity contribution >= 4 is 23.2 Å². The first-order chi connectivity index (χ1) is 11.5. The summed E-state index contributed by atoms with van der Waals surface area (Å²) in [6, 6.07) is 10.8. The number of aromatic nitrogens is 3. The normalized spacial score (nSPS) is 10.8. The SMILES string of the molecule is COc1cc(-n2nc(-c3cc(CCl)ccc3Cl)[nH]c2=O)ccc1C. The molecule has 1 aromatic heterocycles. The van der Waals surface area contributed by atoms with E-state index in [4.69, 9.17) is 27.9 Å². The van der Waals surface area contributed by atoms with Gasteiger partial charge < -0.3 is 4.74 Å². The Morgan fingerprint density at radius 2 is 2.04 bits per heavy atom. The third-order valence-electron chi connectivity index (χ3n) is 3.69. The van der Waals surface area contributed by atoms with Crippen LogP contribution in [-0.2, 0) is 5.88 Å². The van der Waals surface area contributed by atoms with Gasteiger partial charge in [0.2, 0.25) is 0 Å². The lowest BCUT2D eigenvalue weighted by Gasteiger charge is -2.07. The summed E-state index contributed by atoms with van der Waals surface area (Å²) in [4.78, 5) is 15.0. The quantitative estimate of drug-likeness (QED) is 0.714. The molecule has 0 spiro atoms. The first-order valence-electron chi connectivity index (χ1n) is 7.22. The predicted octanol–water partition coefficient (Wildman–Crippen LogP) is 3.94. The molecular formula is C17H15Cl2N3O2. The highest BCUT2D eigenvalue weighted by atomic mass is 35.5. The Hall–Kier alpha value is -2.24. The minimum absolute atomic E-state index is 0.351. The summed E-state index contributed by atoms with van der Waals surface area (Å²) in [5.74, 6) is 1.42. The van der Waals surface area contributed by atoms with Crippen LogP contribution in [0, 0.1) is 6.92 Å². The molecule has 124 valence electrons. The zero-order valence-electron chi connectivity index (χ0n) is 13.1. The number of nitrogens with zero attached hydrogens (tertiary/aromatic N) is 2. The van der Waals surface area contributed by atoms with Gasteiger partial charge in [-0.05, 0) is 36.2 Å². The number of ether oxygens (including phenoxy) is 1. The van der Waals surface area contributed by atoms with E-state index in [-0.39, 0.29) is 5.69 Å². The van der Waals surface area contributed by atoms with Gasteiger partial charge in [-0.15, -0.1) is 16.7 Å². The summed E-state index contributed by atoms with van der Waals surface area (Å²) >= 11 is 12.1. The van der Waals surface area contributed by atoms with Crippen molar-refractivity contribution in [3.8, 4) is 22.8 Å². The molecular weight excluding hydrogens is 349 g/mol. The van der Waals surface area contributed by atoms with E-state index < -0.39 is 0 Å². The van der Waals surface area contributed by atoms with Gasteiger partial charge in [0, 0.05) is 17.5 Å². The number of halogens is 2. The number of aryl methyl sites for hydroxylation is 1. The second kappa shape index (κ2) is 6.71. The highest BCUT2D eigenvalue weighted by molar-refractivity contribution is 6.33. The Morgan fingerprint density at radius 1 is 1.25 bits per heavy atom. The Labute approximate surface area is 148 Å². The third kappa shape index (κ3) is 3.05. The molecule has 2 aromatic carbocycles. The fourth-order valence-electron chi connectivity index (χ4n) is 2.40. The Bertz CT molecular complexity index is 947. The van der Waals surface area contributed by atoms with E-state index in [2.05, 4.69) is 10.1 Å². The monoisotopic (exact) mass is 363 g/mol. The number of benzene rings is 2. The summed E-state index contributed by atoms with van der Waals surface area (Å²) in [6.45, 7) is 1.93. The smallest absolute Gasteiger partial charge is 0.348 e. The lowest BCUT2D eigenvalue weighted by molar-refractivity contribution is 0.411. The average Bonchev–Trinajstić information content (AvgIpc) is 2.97. The van der Waals surface area contributed by atoms with E-state index in [0.29, 0.717) is 33.7 Å². The van der Waals surface area contributed by atoms with Crippen molar-refractivity contribution in [3.05, 3.63) is 63.0 Å². The number of hydrogen-bond donors (Lipinski definition) is 1. The Morgan fingerprint density at radius 3 is 2.75 bits per heavy atom. The third-order valence-corrected chi connectivity index (χ3v) is 4.33. The van der Waals surface area contributed by atoms with E-state index in [1.54, 1.807) is 25.3 Å². The van der Waals surface area contributed by atoms with Gasteiger partial charge in [0.25, 0.3) is 0 Å². The van der Waals surface area contributed by atoms with Crippen LogP contribution < -0.4 is 10.4 Å². The first kappa shape index (κ1) is 16.6. The molecule has 3 aromatic rings. The van der Waals surface area contributed by atoms with Crippen molar-refractivity contribution < 1.29 is 4.74 Å². The molecule has 1 heterocycles. The molecule has 0 saturated heterocycles. The summed E-state index contributed by atoms with van der Waals surface area (Å²) in [5.41, 5.74) is 2.74. The van der Waals surface area contributed by atoms with Gasteiger partial charge in [-0.1, -0.05) is 23.7 Å². The second-order valence-corrected chi connectivity index (χ2v) is 5.97. The van der Waals surface area contributed by atoms with Gasteiger partial charge >= 0.3 is 5.69 Å². The largest absolute Gasteiger partial charge is 0.496 e. The zero-order chi connectivity index (χ0) is 17.3. The molecule has 5 nitrogen and oxygen atoms in total. The molecule has 1 N–H and O–H groups in total. The fourth-order valence-corrected chi connectivity index (χ4v) is 2.77. The van der Waals surface area contributed by atoms with E-state index in [0.717, 1.165) is 11.1 Å². The van der Waals surface area contributed by atoms with Crippen molar-refractivity contribution in [2.24, 2.45) is 0 Å². The number of rotatable bonds is 4. The van der Waals surface area contributed by atoms with Crippen molar-refractivity contribution in [1.82, 2.24) is 14.8 Å². The topological polar surface area (TPSA) is 59.9 Å². The number of aromatic amines is 1. The van der Waals surface area contributed by atoms with E-state index in [1.165, 1.54) is 4.68 Å². The predicted molar refractivity (Wildman–Crippen MR) is 95.5 cm³/mol. The molecule has 0 saturated carbocycles. The minimum Gasteiger partial charge on any atom is -0.496 e. The van der Waals surface area contributed by atoms with Crippen LogP contribution in [0.25, 0.3) is 17.1 Å². The van der Waals surface area contributed by atoms with Crippen molar-refractivity contribution in [2.75, 3.05) is 7.11 Å². The summed E-state index contributed by atoms with van der Waals surface area (Å²) in [7, 11) is 1.59. The van der Waals surface area contributed by atoms with Crippen molar-refractivity contribution in [1.29, 1.82) is 0 Å². The molecule has 0 aliphatic heterocycles. The number of methoxy groups -OCH3 is 1. The Balaban J connectivity index is 2.10. The highest BCUT2D eigenvalue weighted by Crippen LogP contribution is 2.27. The molecule has 0 unspecified atom stereocenters. The molecule has 0 atom stereocenters. The molecule has 0 fully saturated rings. The van der Waals surface area contributed by atoms with Crippen LogP contribution in [0.5, 0.6) is 5.75 Å². The van der Waals surface area contributed by atoms with Gasteiger partial charge in [0.15, 0.2) is 5.82 Å². The zero-order valence-corrected chi connectivity index (χ0v) is 14.6. The molecule has 3 rings (SSSR count). The maximum atomic E-state index is 12.3. The molecule has 0 aliphatic rings. The van der Waals surface area contributed by atoms with Gasteiger partial charge in [-0.3, -0.25) is 4.98 Å². The second-order valence-electron chi connectivity index (χ2n) is 5.29. The van der Waals surface area contributed by atoms with Crippen LogP contribution in [-0.4, -0.2) is 21.9 Å². The van der Waals surface area contributed by atoms with Gasteiger partial charge in [0.05, 0.1) is 17.8 Å². The fraction of sp³-hybridized carbons (Fsp3) is 0.176. The standard InChI is InChI=1S/C17H15Cl2N3O2/c1-10-3-5-12(8-15(10)24-2)22-17(23)20-16(21-22)13-7-11(9-18)4-6-14(13)19/h3-8H,9H2,1-2H3,(H,20,21,23). The average molecular weight is 364 g/mol. The molecule has 0 bridgehead atoms. The first-order valence-corrected chi connectivity index (χ1v) is 8.14. The van der Waals surface area contributed by atoms with Crippen LogP contribution in [0.4, 0.5) is 0 Å². The van der Waals surface area contributed by atoms with E-state index in [1.807, 2.05) is 25.1 Å². The summed E-state index contributed by atoms with van der Waals surface area (Å²) in [6.07, 6.45) is 0. The summed E-state index contributed by atoms with van der Waals surface area (Å²) in [5, 5.41) is 4.85. The summed E-state index contributed by atoms with van der Waals surface area (Å²) < 4.78 is 6.58. The lowest BCUT2D eigenvalue weighted by atomic mass is 10.1.